The third kappa shape index (κ3) is 46.6. The van der Waals surface area contributed by atoms with Crippen molar-refractivity contribution in [1.29, 1.82) is 0 Å². The lowest BCUT2D eigenvalue weighted by molar-refractivity contribution is -0.887. The average Bonchev–Trinajstić information content (AvgIpc) is 3.30. The van der Waals surface area contributed by atoms with Gasteiger partial charge in [-0.15, -0.1) is 0 Å². The molecular formula is C60H96NO7+. The van der Waals surface area contributed by atoms with Gasteiger partial charge in [-0.1, -0.05) is 180 Å². The molecular weight excluding hydrogens is 847 g/mol. The number of quaternary nitrogens is 1. The fourth-order valence-corrected chi connectivity index (χ4v) is 6.83. The molecule has 0 amide bonds. The van der Waals surface area contributed by atoms with Gasteiger partial charge >= 0.3 is 17.9 Å². The molecule has 0 fully saturated rings. The van der Waals surface area contributed by atoms with Crippen molar-refractivity contribution >= 4 is 17.9 Å². The maximum atomic E-state index is 12.8. The van der Waals surface area contributed by atoms with Gasteiger partial charge in [-0.25, -0.2) is 4.79 Å². The first-order valence-corrected chi connectivity index (χ1v) is 26.2. The molecule has 0 heterocycles. The fraction of sp³-hybridized carbons (Fsp3) is 0.583. The van der Waals surface area contributed by atoms with Gasteiger partial charge in [-0.05, 0) is 109 Å². The molecule has 8 heteroatoms. The van der Waals surface area contributed by atoms with Crippen molar-refractivity contribution in [3.8, 4) is 0 Å². The molecule has 8 nitrogen and oxygen atoms in total. The summed E-state index contributed by atoms with van der Waals surface area (Å²) in [6.45, 7) is 4.44. The Morgan fingerprint density at radius 2 is 0.779 bits per heavy atom. The van der Waals surface area contributed by atoms with Gasteiger partial charge in [-0.3, -0.25) is 9.59 Å². The summed E-state index contributed by atoms with van der Waals surface area (Å²) in [6.07, 6.45) is 70.7. The van der Waals surface area contributed by atoms with Crippen molar-refractivity contribution < 1.29 is 38.2 Å². The molecule has 0 bridgehead atoms. The summed E-state index contributed by atoms with van der Waals surface area (Å²) in [5.41, 5.74) is 0. The van der Waals surface area contributed by atoms with E-state index in [0.29, 0.717) is 19.3 Å². The number of unbranched alkanes of at least 4 members (excludes halogenated alkanes) is 9. The highest BCUT2D eigenvalue weighted by Gasteiger charge is 2.31. The minimum atomic E-state index is -0.889. The Morgan fingerprint density at radius 1 is 0.441 bits per heavy atom. The van der Waals surface area contributed by atoms with Gasteiger partial charge in [-0.2, -0.15) is 0 Å². The number of carboxylic acid groups (broad SMARTS) is 1. The second-order valence-corrected chi connectivity index (χ2v) is 18.0. The monoisotopic (exact) mass is 943 g/mol. The number of aliphatic carboxylic acids is 1. The highest BCUT2D eigenvalue weighted by Crippen LogP contribution is 2.13. The van der Waals surface area contributed by atoms with E-state index < -0.39 is 18.1 Å². The molecule has 382 valence electrons. The average molecular weight is 943 g/mol. The largest absolute Gasteiger partial charge is 0.477 e. The van der Waals surface area contributed by atoms with Crippen molar-refractivity contribution in [1.82, 2.24) is 0 Å². The fourth-order valence-electron chi connectivity index (χ4n) is 6.83. The minimum absolute atomic E-state index is 0.0325. The number of allylic oxidation sites excluding steroid dienone is 22. The summed E-state index contributed by atoms with van der Waals surface area (Å²) >= 11 is 0. The normalized spacial score (nSPS) is 14.0. The molecule has 68 heavy (non-hydrogen) atoms. The number of esters is 2. The summed E-state index contributed by atoms with van der Waals surface area (Å²) in [6, 6.07) is -0.634. The standard InChI is InChI=1S/C60H95NO7/c1-6-8-10-12-14-16-18-20-22-24-26-28-30-32-34-36-38-40-42-44-46-48-50-58(62)67-55-56(54-66-53-52-57(60(64)65)61(3,4)5)68-59(63)51-49-47-45-43-41-39-37-35-33-31-29-27-25-23-21-19-17-15-13-11-9-7-2/h8-11,14-17,20-23,26-29,32-35,39,41,56-57H,6-7,12-13,18-19,24-25,30-31,36-38,40,42-55H2,1-5H3/p+1/b10-8+,11-9+,16-14+,17-15+,22-20+,23-21+,28-26+,29-27+,34-32+,35-33+,41-39+. The molecule has 1 N–H and O–H groups in total. The van der Waals surface area contributed by atoms with Crippen molar-refractivity contribution in [2.24, 2.45) is 0 Å². The van der Waals surface area contributed by atoms with E-state index in [1.807, 2.05) is 21.1 Å². The van der Waals surface area contributed by atoms with Crippen LogP contribution in [0.1, 0.15) is 174 Å². The highest BCUT2D eigenvalue weighted by molar-refractivity contribution is 5.72. The van der Waals surface area contributed by atoms with Crippen molar-refractivity contribution in [3.05, 3.63) is 134 Å². The Balaban J connectivity index is 4.38. The van der Waals surface area contributed by atoms with E-state index in [4.69, 9.17) is 14.2 Å². The number of ether oxygens (including phenoxy) is 3. The topological polar surface area (TPSA) is 99.1 Å². The Kier molecular flexibility index (Phi) is 45.7. The lowest BCUT2D eigenvalue weighted by Crippen LogP contribution is -2.50. The zero-order valence-corrected chi connectivity index (χ0v) is 43.5. The zero-order chi connectivity index (χ0) is 49.9. The Morgan fingerprint density at radius 3 is 1.16 bits per heavy atom. The second-order valence-electron chi connectivity index (χ2n) is 18.0. The van der Waals surface area contributed by atoms with E-state index in [0.717, 1.165) is 122 Å². The van der Waals surface area contributed by atoms with Crippen LogP contribution < -0.4 is 0 Å². The summed E-state index contributed by atoms with van der Waals surface area (Å²) in [4.78, 5) is 37.2. The van der Waals surface area contributed by atoms with Crippen LogP contribution in [-0.4, -0.2) is 80.6 Å². The number of carboxylic acids is 1. The smallest absolute Gasteiger partial charge is 0.362 e. The second kappa shape index (κ2) is 48.9. The molecule has 0 spiro atoms. The van der Waals surface area contributed by atoms with E-state index in [1.165, 1.54) is 12.8 Å². The first-order chi connectivity index (χ1) is 33.1. The number of rotatable bonds is 45. The lowest BCUT2D eigenvalue weighted by atomic mass is 10.1. The SMILES string of the molecule is CC/C=C/C/C=C/C/C=C/C/C=C/C/C=C/C/C=C/CCCCCC(=O)OC(COCCC(C(=O)O)[N+](C)(C)C)COC(=O)CCCCCCCC/C=C/C/C=C/C/C=C/C/C=C/C/C=C/CC. The van der Waals surface area contributed by atoms with Crippen LogP contribution in [0.5, 0.6) is 0 Å². The molecule has 0 aromatic carbocycles. The van der Waals surface area contributed by atoms with Crippen LogP contribution in [-0.2, 0) is 28.6 Å². The molecule has 0 aromatic rings. The number of likely N-dealkylation sites (N-methyl/N-ethyl adjacent to an activating group) is 1. The number of nitrogens with zero attached hydrogens (tertiary/aromatic N) is 1. The molecule has 2 unspecified atom stereocenters. The maximum Gasteiger partial charge on any atom is 0.362 e. The molecule has 0 aliphatic carbocycles. The van der Waals surface area contributed by atoms with E-state index in [9.17, 15) is 19.5 Å². The molecule has 0 aromatic heterocycles. The lowest BCUT2D eigenvalue weighted by Gasteiger charge is -2.31. The van der Waals surface area contributed by atoms with Crippen LogP contribution in [0.4, 0.5) is 0 Å². The van der Waals surface area contributed by atoms with Crippen LogP contribution in [0.2, 0.25) is 0 Å². The van der Waals surface area contributed by atoms with Gasteiger partial charge in [0, 0.05) is 19.3 Å². The van der Waals surface area contributed by atoms with Crippen molar-refractivity contribution in [2.75, 3.05) is 41.0 Å². The van der Waals surface area contributed by atoms with Crippen LogP contribution in [0, 0.1) is 0 Å². The molecule has 2 atom stereocenters. The molecule has 0 aliphatic heterocycles. The Hall–Kier alpha value is -4.53. The van der Waals surface area contributed by atoms with E-state index >= 15 is 0 Å². The molecule has 0 radical (unpaired) electrons. The van der Waals surface area contributed by atoms with Gasteiger partial charge < -0.3 is 23.8 Å². The number of carbonyl (C=O) groups excluding carboxylic acids is 2. The third-order valence-corrected chi connectivity index (χ3v) is 10.8. The van der Waals surface area contributed by atoms with Gasteiger partial charge in [0.05, 0.1) is 34.4 Å². The maximum absolute atomic E-state index is 12.8. The van der Waals surface area contributed by atoms with E-state index in [2.05, 4.69) is 148 Å². The molecule has 0 saturated carbocycles. The Bertz CT molecular complexity index is 1570. The van der Waals surface area contributed by atoms with Gasteiger partial charge in [0.1, 0.15) is 6.61 Å². The predicted octanol–water partition coefficient (Wildman–Crippen LogP) is 15.5. The van der Waals surface area contributed by atoms with Crippen molar-refractivity contribution in [3.63, 3.8) is 0 Å². The highest BCUT2D eigenvalue weighted by atomic mass is 16.6. The summed E-state index contributed by atoms with van der Waals surface area (Å²) in [5, 5.41) is 9.66. The molecule has 0 rings (SSSR count). The summed E-state index contributed by atoms with van der Waals surface area (Å²) in [5.74, 6) is -1.55. The Labute approximate surface area is 415 Å². The predicted molar refractivity (Wildman–Crippen MR) is 288 cm³/mol. The summed E-state index contributed by atoms with van der Waals surface area (Å²) < 4.78 is 17.3. The number of carbonyl (C=O) groups is 3. The van der Waals surface area contributed by atoms with Gasteiger partial charge in [0.2, 0.25) is 0 Å². The first-order valence-electron chi connectivity index (χ1n) is 26.2. The molecule has 0 aliphatic rings. The zero-order valence-electron chi connectivity index (χ0n) is 43.5. The van der Waals surface area contributed by atoms with Gasteiger partial charge in [0.25, 0.3) is 0 Å². The van der Waals surface area contributed by atoms with Gasteiger partial charge in [0.15, 0.2) is 12.1 Å². The van der Waals surface area contributed by atoms with Crippen LogP contribution in [0.3, 0.4) is 0 Å². The van der Waals surface area contributed by atoms with Crippen LogP contribution in [0.15, 0.2) is 134 Å². The number of hydrogen-bond donors (Lipinski definition) is 1. The number of hydrogen-bond acceptors (Lipinski definition) is 6. The first kappa shape index (κ1) is 63.5. The molecule has 0 saturated heterocycles. The van der Waals surface area contributed by atoms with E-state index in [1.54, 1.807) is 0 Å². The minimum Gasteiger partial charge on any atom is -0.477 e. The van der Waals surface area contributed by atoms with Crippen LogP contribution in [0.25, 0.3) is 0 Å². The third-order valence-electron chi connectivity index (χ3n) is 10.8. The van der Waals surface area contributed by atoms with Crippen LogP contribution >= 0.6 is 0 Å². The summed E-state index contributed by atoms with van der Waals surface area (Å²) in [7, 11) is 5.50. The van der Waals surface area contributed by atoms with E-state index in [-0.39, 0.29) is 42.7 Å². The van der Waals surface area contributed by atoms with Crippen molar-refractivity contribution in [2.45, 2.75) is 187 Å². The quantitative estimate of drug-likeness (QED) is 0.0281.